The van der Waals surface area contributed by atoms with Crippen molar-refractivity contribution in [3.8, 4) is 0 Å². The van der Waals surface area contributed by atoms with Crippen molar-refractivity contribution in [1.82, 2.24) is 4.90 Å². The lowest BCUT2D eigenvalue weighted by Crippen LogP contribution is -2.45. The van der Waals surface area contributed by atoms with Gasteiger partial charge in [-0.2, -0.15) is 0 Å². The number of nitrogens with zero attached hydrogens (tertiary/aromatic N) is 1. The van der Waals surface area contributed by atoms with Crippen molar-refractivity contribution in [3.63, 3.8) is 0 Å². The molecule has 1 saturated heterocycles. The Balaban J connectivity index is 2.69. The number of carbonyl (C=O) groups excluding carboxylic acids is 1. The second-order valence-corrected chi connectivity index (χ2v) is 4.46. The molecule has 3 atom stereocenters. The summed E-state index contributed by atoms with van der Waals surface area (Å²) in [5, 5.41) is 18.7. The average Bonchev–Trinajstić information content (AvgIpc) is 2.57. The van der Waals surface area contributed by atoms with E-state index < -0.39 is 17.6 Å². The van der Waals surface area contributed by atoms with Crippen LogP contribution in [0.5, 0.6) is 0 Å². The number of aliphatic hydroxyl groups excluding tert-OH is 2. The van der Waals surface area contributed by atoms with E-state index in [0.29, 0.717) is 6.42 Å². The van der Waals surface area contributed by atoms with Crippen LogP contribution < -0.4 is 5.73 Å². The molecule has 0 radical (unpaired) electrons. The lowest BCUT2D eigenvalue weighted by atomic mass is 9.86. The van der Waals surface area contributed by atoms with E-state index in [4.69, 9.17) is 5.73 Å². The predicted molar refractivity (Wildman–Crippen MR) is 56.0 cm³/mol. The molecule has 1 fully saturated rings. The van der Waals surface area contributed by atoms with Crippen LogP contribution in [0.4, 0.5) is 0 Å². The third kappa shape index (κ3) is 2.30. The molecule has 1 heterocycles. The Morgan fingerprint density at radius 3 is 2.27 bits per heavy atom. The molecule has 4 N–H and O–H groups in total. The van der Waals surface area contributed by atoms with Crippen LogP contribution in [0.15, 0.2) is 0 Å². The van der Waals surface area contributed by atoms with Crippen LogP contribution in [0.3, 0.4) is 0 Å². The SMILES string of the molecule is CCC(C)(CN)C(=O)N1C[C@@H](O)[C@@H](O)C1. The monoisotopic (exact) mass is 216 g/mol. The van der Waals surface area contributed by atoms with Gasteiger partial charge in [-0.3, -0.25) is 4.79 Å². The molecular weight excluding hydrogens is 196 g/mol. The largest absolute Gasteiger partial charge is 0.388 e. The van der Waals surface area contributed by atoms with E-state index >= 15 is 0 Å². The van der Waals surface area contributed by atoms with Gasteiger partial charge in [-0.15, -0.1) is 0 Å². The van der Waals surface area contributed by atoms with Crippen molar-refractivity contribution in [2.75, 3.05) is 19.6 Å². The zero-order valence-electron chi connectivity index (χ0n) is 9.31. The second-order valence-electron chi connectivity index (χ2n) is 4.46. The summed E-state index contributed by atoms with van der Waals surface area (Å²) in [7, 11) is 0. The number of carbonyl (C=O) groups is 1. The molecule has 1 aliphatic heterocycles. The first-order valence-electron chi connectivity index (χ1n) is 5.30. The van der Waals surface area contributed by atoms with E-state index in [1.807, 2.05) is 13.8 Å². The lowest BCUT2D eigenvalue weighted by molar-refractivity contribution is -0.140. The molecule has 5 heteroatoms. The fourth-order valence-corrected chi connectivity index (χ4v) is 1.70. The predicted octanol–water partition coefficient (Wildman–Crippen LogP) is -1.07. The van der Waals surface area contributed by atoms with Crippen LogP contribution in [0.2, 0.25) is 0 Å². The topological polar surface area (TPSA) is 86.8 Å². The van der Waals surface area contributed by atoms with Gasteiger partial charge in [-0.25, -0.2) is 0 Å². The summed E-state index contributed by atoms with van der Waals surface area (Å²) < 4.78 is 0. The fraction of sp³-hybridized carbons (Fsp3) is 0.900. The van der Waals surface area contributed by atoms with E-state index in [-0.39, 0.29) is 25.5 Å². The Morgan fingerprint density at radius 1 is 1.47 bits per heavy atom. The van der Waals surface area contributed by atoms with Crippen LogP contribution in [-0.4, -0.2) is 52.9 Å². The van der Waals surface area contributed by atoms with E-state index in [1.165, 1.54) is 4.90 Å². The van der Waals surface area contributed by atoms with Gasteiger partial charge in [0.1, 0.15) is 0 Å². The van der Waals surface area contributed by atoms with Crippen LogP contribution in [0.1, 0.15) is 20.3 Å². The zero-order chi connectivity index (χ0) is 11.6. The highest BCUT2D eigenvalue weighted by molar-refractivity contribution is 5.83. The van der Waals surface area contributed by atoms with Gasteiger partial charge in [-0.1, -0.05) is 6.92 Å². The number of aliphatic hydroxyl groups is 2. The molecule has 88 valence electrons. The van der Waals surface area contributed by atoms with Gasteiger partial charge >= 0.3 is 0 Å². The molecule has 1 amide bonds. The normalized spacial score (nSPS) is 30.3. The summed E-state index contributed by atoms with van der Waals surface area (Å²) in [5.74, 6) is -0.0805. The lowest BCUT2D eigenvalue weighted by Gasteiger charge is -2.30. The molecule has 0 aromatic rings. The summed E-state index contributed by atoms with van der Waals surface area (Å²) in [4.78, 5) is 13.5. The molecule has 1 rings (SSSR count). The van der Waals surface area contributed by atoms with Gasteiger partial charge in [-0.05, 0) is 13.3 Å². The molecule has 5 nitrogen and oxygen atoms in total. The summed E-state index contributed by atoms with van der Waals surface area (Å²) in [6.07, 6.45) is -0.994. The van der Waals surface area contributed by atoms with Gasteiger partial charge in [0.15, 0.2) is 0 Å². The van der Waals surface area contributed by atoms with Crippen molar-refractivity contribution in [2.24, 2.45) is 11.1 Å². The fourth-order valence-electron chi connectivity index (χ4n) is 1.70. The van der Waals surface area contributed by atoms with Crippen LogP contribution in [0.25, 0.3) is 0 Å². The van der Waals surface area contributed by atoms with E-state index in [2.05, 4.69) is 0 Å². The maximum atomic E-state index is 12.0. The maximum Gasteiger partial charge on any atom is 0.229 e. The van der Waals surface area contributed by atoms with E-state index in [1.54, 1.807) is 0 Å². The molecule has 1 unspecified atom stereocenters. The number of likely N-dealkylation sites (tertiary alicyclic amines) is 1. The van der Waals surface area contributed by atoms with E-state index in [0.717, 1.165) is 0 Å². The molecule has 15 heavy (non-hydrogen) atoms. The molecular formula is C10H20N2O3. The van der Waals surface area contributed by atoms with Crippen molar-refractivity contribution in [1.29, 1.82) is 0 Å². The van der Waals surface area contributed by atoms with Crippen molar-refractivity contribution in [3.05, 3.63) is 0 Å². The summed E-state index contributed by atoms with van der Waals surface area (Å²) >= 11 is 0. The second kappa shape index (κ2) is 4.47. The first kappa shape index (κ1) is 12.4. The minimum Gasteiger partial charge on any atom is -0.388 e. The highest BCUT2D eigenvalue weighted by Crippen LogP contribution is 2.25. The number of hydrogen-bond acceptors (Lipinski definition) is 4. The summed E-state index contributed by atoms with van der Waals surface area (Å²) in [6, 6.07) is 0. The summed E-state index contributed by atoms with van der Waals surface area (Å²) in [6.45, 7) is 4.41. The number of amides is 1. The van der Waals surface area contributed by atoms with E-state index in [9.17, 15) is 15.0 Å². The molecule has 0 bridgehead atoms. The standard InChI is InChI=1S/C10H20N2O3/c1-3-10(2,6-11)9(15)12-4-7(13)8(14)5-12/h7-8,13-14H,3-6,11H2,1-2H3/t7-,8+,10?. The Hall–Kier alpha value is -0.650. The third-order valence-electron chi connectivity index (χ3n) is 3.29. The van der Waals surface area contributed by atoms with Crippen molar-refractivity contribution in [2.45, 2.75) is 32.5 Å². The van der Waals surface area contributed by atoms with Gasteiger partial charge in [0.2, 0.25) is 5.91 Å². The van der Waals surface area contributed by atoms with Gasteiger partial charge in [0, 0.05) is 19.6 Å². The summed E-state index contributed by atoms with van der Waals surface area (Å²) in [5.41, 5.74) is 5.00. The molecule has 1 aliphatic rings. The highest BCUT2D eigenvalue weighted by Gasteiger charge is 2.39. The first-order chi connectivity index (χ1) is 6.94. The van der Waals surface area contributed by atoms with Gasteiger partial charge in [0.25, 0.3) is 0 Å². The Morgan fingerprint density at radius 2 is 1.93 bits per heavy atom. The van der Waals surface area contributed by atoms with Gasteiger partial charge in [0.05, 0.1) is 17.6 Å². The minimum atomic E-state index is -0.826. The quantitative estimate of drug-likeness (QED) is 0.560. The Labute approximate surface area is 89.9 Å². The Kier molecular flexibility index (Phi) is 3.70. The third-order valence-corrected chi connectivity index (χ3v) is 3.29. The molecule has 0 spiro atoms. The number of rotatable bonds is 3. The number of hydrogen-bond donors (Lipinski definition) is 3. The molecule has 0 aromatic carbocycles. The average molecular weight is 216 g/mol. The minimum absolute atomic E-state index is 0.0805. The number of nitrogens with two attached hydrogens (primary N) is 1. The van der Waals surface area contributed by atoms with Crippen LogP contribution >= 0.6 is 0 Å². The maximum absolute atomic E-state index is 12.0. The zero-order valence-corrected chi connectivity index (χ0v) is 9.31. The highest BCUT2D eigenvalue weighted by atomic mass is 16.3. The van der Waals surface area contributed by atoms with Crippen LogP contribution in [-0.2, 0) is 4.79 Å². The smallest absolute Gasteiger partial charge is 0.229 e. The first-order valence-corrected chi connectivity index (χ1v) is 5.30. The number of β-amino-alcohol motifs (C(OH)–C–C–N with tert-alkyl or cyclic N) is 2. The van der Waals surface area contributed by atoms with Crippen molar-refractivity contribution >= 4 is 5.91 Å². The van der Waals surface area contributed by atoms with Crippen molar-refractivity contribution < 1.29 is 15.0 Å². The molecule has 0 aromatic heterocycles. The Bertz CT molecular complexity index is 231. The molecule has 0 saturated carbocycles. The molecule has 0 aliphatic carbocycles. The van der Waals surface area contributed by atoms with Gasteiger partial charge < -0.3 is 20.8 Å². The van der Waals surface area contributed by atoms with Crippen LogP contribution in [0, 0.1) is 5.41 Å².